The van der Waals surface area contributed by atoms with Gasteiger partial charge in [0, 0.05) is 10.9 Å². The molecule has 0 aliphatic heterocycles. The van der Waals surface area contributed by atoms with Crippen LogP contribution in [0.1, 0.15) is 11.1 Å². The van der Waals surface area contributed by atoms with Crippen molar-refractivity contribution in [3.63, 3.8) is 0 Å². The molecule has 0 saturated heterocycles. The molecule has 4 nitrogen and oxygen atoms in total. The zero-order valence-corrected chi connectivity index (χ0v) is 13.4. The van der Waals surface area contributed by atoms with Crippen LogP contribution in [0.3, 0.4) is 0 Å². The van der Waals surface area contributed by atoms with Crippen molar-refractivity contribution in [1.29, 1.82) is 0 Å². The largest absolute Gasteiger partial charge is 0.416 e. The van der Waals surface area contributed by atoms with Crippen molar-refractivity contribution >= 4 is 23.1 Å². The van der Waals surface area contributed by atoms with E-state index in [1.807, 2.05) is 0 Å². The van der Waals surface area contributed by atoms with E-state index in [1.54, 1.807) is 0 Å². The minimum atomic E-state index is -4.90. The first-order chi connectivity index (χ1) is 11.6. The molecule has 0 saturated carbocycles. The fraction of sp³-hybridized carbons (Fsp3) is 0.154. The monoisotopic (exact) mass is 396 g/mol. The standard InChI is InChI=1S/C13H6F6N4S2/c14-12(15,16)7-1-6(2-8(3-7)13(17,18)19)9-4-24-11(22-9)25-10-20-5-21-23-10/h1-5H,(H,20,21,23). The lowest BCUT2D eigenvalue weighted by atomic mass is 10.0. The van der Waals surface area contributed by atoms with Crippen LogP contribution < -0.4 is 0 Å². The quantitative estimate of drug-likeness (QED) is 0.625. The van der Waals surface area contributed by atoms with Gasteiger partial charge < -0.3 is 0 Å². The number of hydrogen-bond acceptors (Lipinski definition) is 5. The van der Waals surface area contributed by atoms with Gasteiger partial charge in [-0.15, -0.1) is 11.3 Å². The van der Waals surface area contributed by atoms with E-state index in [0.717, 1.165) is 23.1 Å². The molecule has 0 atom stereocenters. The van der Waals surface area contributed by atoms with Crippen molar-refractivity contribution < 1.29 is 26.3 Å². The Bertz CT molecular complexity index is 837. The molecular formula is C13H6F6N4S2. The molecule has 132 valence electrons. The minimum absolute atomic E-state index is 0.0172. The molecule has 2 heterocycles. The van der Waals surface area contributed by atoms with E-state index < -0.39 is 23.5 Å². The molecule has 0 amide bonds. The summed E-state index contributed by atoms with van der Waals surface area (Å²) in [6.45, 7) is 0. The summed E-state index contributed by atoms with van der Waals surface area (Å²) in [4.78, 5) is 7.91. The van der Waals surface area contributed by atoms with Crippen LogP contribution in [0.2, 0.25) is 0 Å². The van der Waals surface area contributed by atoms with E-state index in [4.69, 9.17) is 0 Å². The maximum absolute atomic E-state index is 12.9. The number of nitrogens with zero attached hydrogens (tertiary/aromatic N) is 3. The Hall–Kier alpha value is -2.08. The minimum Gasteiger partial charge on any atom is -0.254 e. The van der Waals surface area contributed by atoms with Crippen LogP contribution in [-0.4, -0.2) is 20.2 Å². The fourth-order valence-corrected chi connectivity index (χ4v) is 3.50. The van der Waals surface area contributed by atoms with Crippen molar-refractivity contribution in [2.24, 2.45) is 0 Å². The number of benzene rings is 1. The SMILES string of the molecule is FC(F)(F)c1cc(-c2csc(Sc3ncn[nH]3)n2)cc(C(F)(F)F)c1. The molecule has 12 heteroatoms. The van der Waals surface area contributed by atoms with E-state index >= 15 is 0 Å². The first kappa shape index (κ1) is 17.7. The second-order valence-corrected chi connectivity index (χ2v) is 6.78. The summed E-state index contributed by atoms with van der Waals surface area (Å²) in [6, 6.07) is 1.38. The molecule has 0 unspecified atom stereocenters. The summed E-state index contributed by atoms with van der Waals surface area (Å²) < 4.78 is 77.8. The summed E-state index contributed by atoms with van der Waals surface area (Å²) in [5, 5.41) is 7.98. The van der Waals surface area contributed by atoms with Gasteiger partial charge in [0.25, 0.3) is 0 Å². The molecule has 3 aromatic rings. The van der Waals surface area contributed by atoms with Gasteiger partial charge in [-0.2, -0.15) is 31.4 Å². The van der Waals surface area contributed by atoms with Crippen LogP contribution in [0.5, 0.6) is 0 Å². The smallest absolute Gasteiger partial charge is 0.254 e. The van der Waals surface area contributed by atoms with Gasteiger partial charge in [0.05, 0.1) is 16.8 Å². The number of alkyl halides is 6. The highest BCUT2D eigenvalue weighted by molar-refractivity contribution is 8.00. The maximum atomic E-state index is 12.9. The zero-order chi connectivity index (χ0) is 18.2. The van der Waals surface area contributed by atoms with E-state index in [0.29, 0.717) is 21.6 Å². The summed E-state index contributed by atoms with van der Waals surface area (Å²) >= 11 is 2.13. The Labute approximate surface area is 144 Å². The Morgan fingerprint density at radius 2 is 1.60 bits per heavy atom. The average Bonchev–Trinajstić information content (AvgIpc) is 3.17. The van der Waals surface area contributed by atoms with Crippen LogP contribution in [-0.2, 0) is 12.4 Å². The summed E-state index contributed by atoms with van der Waals surface area (Å²) in [7, 11) is 0. The van der Waals surface area contributed by atoms with Gasteiger partial charge in [-0.25, -0.2) is 9.97 Å². The molecule has 1 N–H and O–H groups in total. The van der Waals surface area contributed by atoms with Gasteiger partial charge >= 0.3 is 12.4 Å². The second-order valence-electron chi connectivity index (χ2n) is 4.69. The van der Waals surface area contributed by atoms with Crippen molar-refractivity contribution in [1.82, 2.24) is 20.2 Å². The van der Waals surface area contributed by atoms with E-state index in [2.05, 4.69) is 20.2 Å². The van der Waals surface area contributed by atoms with Crippen LogP contribution >= 0.6 is 23.1 Å². The number of aromatic nitrogens is 4. The van der Waals surface area contributed by atoms with Gasteiger partial charge in [0.1, 0.15) is 6.33 Å². The Morgan fingerprint density at radius 3 is 2.12 bits per heavy atom. The molecule has 0 spiro atoms. The molecule has 0 aliphatic rings. The van der Waals surface area contributed by atoms with E-state index in [-0.39, 0.29) is 17.3 Å². The molecule has 3 rings (SSSR count). The molecule has 0 radical (unpaired) electrons. The molecule has 2 aromatic heterocycles. The van der Waals surface area contributed by atoms with Crippen molar-refractivity contribution in [2.45, 2.75) is 21.8 Å². The van der Waals surface area contributed by atoms with Crippen LogP contribution in [0.4, 0.5) is 26.3 Å². The summed E-state index contributed by atoms with van der Waals surface area (Å²) in [5.41, 5.74) is -3.00. The molecular weight excluding hydrogens is 390 g/mol. The molecule has 25 heavy (non-hydrogen) atoms. The highest BCUT2D eigenvalue weighted by atomic mass is 32.2. The number of hydrogen-bond donors (Lipinski definition) is 1. The van der Waals surface area contributed by atoms with Gasteiger partial charge in [-0.05, 0) is 30.0 Å². The number of aromatic amines is 1. The number of nitrogens with one attached hydrogen (secondary N) is 1. The third-order valence-corrected chi connectivity index (χ3v) is 4.77. The predicted molar refractivity (Wildman–Crippen MR) is 78.1 cm³/mol. The van der Waals surface area contributed by atoms with Gasteiger partial charge in [-0.3, -0.25) is 5.10 Å². The van der Waals surface area contributed by atoms with Gasteiger partial charge in [0.2, 0.25) is 0 Å². The number of H-pyrrole nitrogens is 1. The van der Waals surface area contributed by atoms with Crippen molar-refractivity contribution in [3.8, 4) is 11.3 Å². The number of halogens is 6. The predicted octanol–water partition coefficient (Wildman–Crippen LogP) is 5.12. The molecule has 0 aliphatic carbocycles. The molecule has 0 fully saturated rings. The Morgan fingerprint density at radius 1 is 0.960 bits per heavy atom. The highest BCUT2D eigenvalue weighted by Gasteiger charge is 2.37. The third-order valence-electron chi connectivity index (χ3n) is 2.94. The molecule has 1 aromatic carbocycles. The van der Waals surface area contributed by atoms with E-state index in [1.165, 1.54) is 11.7 Å². The Kier molecular flexibility index (Phi) is 4.49. The lowest BCUT2D eigenvalue weighted by Crippen LogP contribution is -2.11. The number of rotatable bonds is 3. The van der Waals surface area contributed by atoms with E-state index in [9.17, 15) is 26.3 Å². The van der Waals surface area contributed by atoms with Gasteiger partial charge in [-0.1, -0.05) is 0 Å². The van der Waals surface area contributed by atoms with Crippen molar-refractivity contribution in [2.75, 3.05) is 0 Å². The number of thiazole rings is 1. The Balaban J connectivity index is 2.00. The third kappa shape index (κ3) is 4.12. The van der Waals surface area contributed by atoms with Gasteiger partial charge in [0.15, 0.2) is 9.50 Å². The highest BCUT2D eigenvalue weighted by Crippen LogP contribution is 2.39. The zero-order valence-electron chi connectivity index (χ0n) is 11.8. The maximum Gasteiger partial charge on any atom is 0.416 e. The summed E-state index contributed by atoms with van der Waals surface area (Å²) in [5.74, 6) is 0. The first-order valence-electron chi connectivity index (χ1n) is 6.41. The normalized spacial score (nSPS) is 12.6. The lowest BCUT2D eigenvalue weighted by molar-refractivity contribution is -0.143. The summed E-state index contributed by atoms with van der Waals surface area (Å²) in [6.07, 6.45) is -8.54. The van der Waals surface area contributed by atoms with Crippen LogP contribution in [0, 0.1) is 0 Å². The second kappa shape index (κ2) is 6.33. The topological polar surface area (TPSA) is 54.5 Å². The molecule has 0 bridgehead atoms. The van der Waals surface area contributed by atoms with Crippen molar-refractivity contribution in [3.05, 3.63) is 41.0 Å². The first-order valence-corrected chi connectivity index (χ1v) is 8.11. The fourth-order valence-electron chi connectivity index (χ4n) is 1.87. The van der Waals surface area contributed by atoms with Crippen LogP contribution in [0.25, 0.3) is 11.3 Å². The lowest BCUT2D eigenvalue weighted by Gasteiger charge is -2.13. The average molecular weight is 396 g/mol. The van der Waals surface area contributed by atoms with Crippen LogP contribution in [0.15, 0.2) is 39.4 Å².